The largest absolute Gasteiger partial charge is 0.298 e. The van der Waals surface area contributed by atoms with Crippen molar-refractivity contribution in [2.75, 3.05) is 26.2 Å². The van der Waals surface area contributed by atoms with E-state index in [0.29, 0.717) is 6.54 Å². The van der Waals surface area contributed by atoms with Crippen molar-refractivity contribution in [3.63, 3.8) is 0 Å². The van der Waals surface area contributed by atoms with Crippen LogP contribution in [0.4, 0.5) is 0 Å². The highest BCUT2D eigenvalue weighted by atomic mass is 16.3. The predicted octanol–water partition coefficient (Wildman–Crippen LogP) is -1.58. The van der Waals surface area contributed by atoms with Crippen molar-refractivity contribution in [2.45, 2.75) is 12.3 Å². The predicted molar refractivity (Wildman–Crippen MR) is 44.1 cm³/mol. The summed E-state index contributed by atoms with van der Waals surface area (Å²) in [6, 6.07) is 0. The molecule has 2 atom stereocenters. The first-order valence-electron chi connectivity index (χ1n) is 4.22. The van der Waals surface area contributed by atoms with Gasteiger partial charge in [0.25, 0.3) is 0 Å². The highest BCUT2D eigenvalue weighted by molar-refractivity contribution is 4.87. The monoisotopic (exact) mass is 171 g/mol. The number of nitroso groups, excluding NO2 is 1. The number of fused-ring (bicyclic) bond motifs is 1. The number of nitrogens with one attached hydrogen (secondary N) is 3. The second-order valence-electron chi connectivity index (χ2n) is 3.03. The van der Waals surface area contributed by atoms with Crippen LogP contribution in [-0.2, 0) is 0 Å². The van der Waals surface area contributed by atoms with Gasteiger partial charge < -0.3 is 0 Å². The summed E-state index contributed by atoms with van der Waals surface area (Å²) >= 11 is 0. The first-order chi connectivity index (χ1) is 5.92. The Kier molecular flexibility index (Phi) is 2.20. The molecule has 0 aromatic carbocycles. The van der Waals surface area contributed by atoms with Crippen LogP contribution in [0.1, 0.15) is 0 Å². The second kappa shape index (κ2) is 3.34. The zero-order valence-electron chi connectivity index (χ0n) is 6.79. The zero-order valence-corrected chi connectivity index (χ0v) is 6.79. The Hall–Kier alpha value is -0.720. The van der Waals surface area contributed by atoms with E-state index in [1.165, 1.54) is 0 Å². The van der Waals surface area contributed by atoms with Gasteiger partial charge in [-0.2, -0.15) is 0 Å². The van der Waals surface area contributed by atoms with Crippen LogP contribution in [0.15, 0.2) is 5.29 Å². The minimum Gasteiger partial charge on any atom is -0.298 e. The molecule has 6 heteroatoms. The van der Waals surface area contributed by atoms with E-state index >= 15 is 0 Å². The molecule has 0 aromatic heterocycles. The molecule has 68 valence electrons. The van der Waals surface area contributed by atoms with Crippen LogP contribution >= 0.6 is 0 Å². The molecule has 0 amide bonds. The summed E-state index contributed by atoms with van der Waals surface area (Å²) in [4.78, 5) is 10.4. The fraction of sp³-hybridized carbons (Fsp3) is 1.00. The normalized spacial score (nSPS) is 35.8. The fourth-order valence-electron chi connectivity index (χ4n) is 1.70. The number of nitrogens with zero attached hydrogens (tertiary/aromatic N) is 2. The molecule has 2 heterocycles. The quantitative estimate of drug-likeness (QED) is 0.415. The fourth-order valence-corrected chi connectivity index (χ4v) is 1.70. The zero-order chi connectivity index (χ0) is 8.39. The molecule has 0 spiro atoms. The standard InChI is InChI=1S/C6H13N5O/c12-10-11-4-3-8-5-6(11)9-2-1-7-5/h5-9H,1-4H2/t5-,6-/m0/s1. The summed E-state index contributed by atoms with van der Waals surface area (Å²) in [7, 11) is 0. The molecule has 0 unspecified atom stereocenters. The molecule has 2 saturated heterocycles. The van der Waals surface area contributed by atoms with Crippen molar-refractivity contribution in [3.8, 4) is 0 Å². The van der Waals surface area contributed by atoms with E-state index in [4.69, 9.17) is 0 Å². The lowest BCUT2D eigenvalue weighted by Crippen LogP contribution is -2.70. The third-order valence-electron chi connectivity index (χ3n) is 2.29. The van der Waals surface area contributed by atoms with E-state index in [1.54, 1.807) is 5.01 Å². The molecule has 2 aliphatic heterocycles. The smallest absolute Gasteiger partial charge is 0.129 e. The Labute approximate surface area is 70.6 Å². The maximum atomic E-state index is 10.4. The molecule has 2 rings (SSSR count). The first-order valence-corrected chi connectivity index (χ1v) is 4.22. The van der Waals surface area contributed by atoms with Gasteiger partial charge in [0.15, 0.2) is 0 Å². The average molecular weight is 171 g/mol. The van der Waals surface area contributed by atoms with Crippen molar-refractivity contribution in [3.05, 3.63) is 4.91 Å². The lowest BCUT2D eigenvalue weighted by Gasteiger charge is -2.42. The lowest BCUT2D eigenvalue weighted by molar-refractivity contribution is 0.0636. The Morgan fingerprint density at radius 3 is 2.75 bits per heavy atom. The molecule has 0 aromatic rings. The van der Waals surface area contributed by atoms with Crippen molar-refractivity contribution in [1.82, 2.24) is 21.0 Å². The van der Waals surface area contributed by atoms with Gasteiger partial charge in [-0.15, -0.1) is 4.91 Å². The van der Waals surface area contributed by atoms with Crippen molar-refractivity contribution in [1.29, 1.82) is 0 Å². The highest BCUT2D eigenvalue weighted by Crippen LogP contribution is 2.07. The molecular formula is C6H13N5O. The number of rotatable bonds is 1. The minimum absolute atomic E-state index is 0.0185. The summed E-state index contributed by atoms with van der Waals surface area (Å²) in [5.41, 5.74) is 0. The summed E-state index contributed by atoms with van der Waals surface area (Å²) in [6.45, 7) is 3.30. The minimum atomic E-state index is 0.0185. The van der Waals surface area contributed by atoms with Crippen molar-refractivity contribution >= 4 is 0 Å². The van der Waals surface area contributed by atoms with Crippen LogP contribution in [0.5, 0.6) is 0 Å². The molecule has 0 saturated carbocycles. The first kappa shape index (κ1) is 7.90. The van der Waals surface area contributed by atoms with Crippen LogP contribution < -0.4 is 16.0 Å². The third kappa shape index (κ3) is 1.28. The molecule has 6 nitrogen and oxygen atoms in total. The molecular weight excluding hydrogens is 158 g/mol. The van der Waals surface area contributed by atoms with Crippen LogP contribution in [-0.4, -0.2) is 43.5 Å². The van der Waals surface area contributed by atoms with E-state index in [1.807, 2.05) is 0 Å². The highest BCUT2D eigenvalue weighted by Gasteiger charge is 2.32. The molecule has 0 aliphatic carbocycles. The van der Waals surface area contributed by atoms with Crippen LogP contribution in [0.3, 0.4) is 0 Å². The maximum Gasteiger partial charge on any atom is 0.129 e. The van der Waals surface area contributed by atoms with Gasteiger partial charge in [0.1, 0.15) is 6.17 Å². The average Bonchev–Trinajstić information content (AvgIpc) is 2.17. The number of hydrogen-bond donors (Lipinski definition) is 3. The molecule has 0 radical (unpaired) electrons. The van der Waals surface area contributed by atoms with Gasteiger partial charge in [0, 0.05) is 19.6 Å². The van der Waals surface area contributed by atoms with Crippen LogP contribution in [0.2, 0.25) is 0 Å². The molecule has 2 fully saturated rings. The molecule has 0 bridgehead atoms. The number of hydrogen-bond acceptors (Lipinski definition) is 5. The van der Waals surface area contributed by atoms with Crippen molar-refractivity contribution < 1.29 is 0 Å². The summed E-state index contributed by atoms with van der Waals surface area (Å²) in [5, 5.41) is 14.3. The van der Waals surface area contributed by atoms with E-state index < -0.39 is 0 Å². The molecule has 3 N–H and O–H groups in total. The Morgan fingerprint density at radius 1 is 1.17 bits per heavy atom. The van der Waals surface area contributed by atoms with E-state index in [0.717, 1.165) is 19.6 Å². The Bertz CT molecular complexity index is 173. The van der Waals surface area contributed by atoms with Gasteiger partial charge in [0.05, 0.1) is 18.0 Å². The van der Waals surface area contributed by atoms with E-state index in [9.17, 15) is 4.91 Å². The van der Waals surface area contributed by atoms with Gasteiger partial charge in [-0.1, -0.05) is 0 Å². The SMILES string of the molecule is O=NN1CCN[C@@H]2NCCN[C@H]21. The summed E-state index contributed by atoms with van der Waals surface area (Å²) < 4.78 is 0. The summed E-state index contributed by atoms with van der Waals surface area (Å²) in [6.07, 6.45) is 0.176. The summed E-state index contributed by atoms with van der Waals surface area (Å²) in [5.74, 6) is 0. The van der Waals surface area contributed by atoms with Gasteiger partial charge in [-0.3, -0.25) is 16.0 Å². The number of piperazine rings is 2. The topological polar surface area (TPSA) is 68.8 Å². The Morgan fingerprint density at radius 2 is 1.92 bits per heavy atom. The van der Waals surface area contributed by atoms with E-state index in [2.05, 4.69) is 21.2 Å². The van der Waals surface area contributed by atoms with Gasteiger partial charge in [-0.05, 0) is 0 Å². The Balaban J connectivity index is 2.03. The second-order valence-corrected chi connectivity index (χ2v) is 3.03. The van der Waals surface area contributed by atoms with Crippen LogP contribution in [0.25, 0.3) is 0 Å². The molecule has 2 aliphatic rings. The molecule has 12 heavy (non-hydrogen) atoms. The van der Waals surface area contributed by atoms with Gasteiger partial charge in [0.2, 0.25) is 0 Å². The van der Waals surface area contributed by atoms with Crippen molar-refractivity contribution in [2.24, 2.45) is 5.29 Å². The van der Waals surface area contributed by atoms with Gasteiger partial charge in [-0.25, -0.2) is 5.01 Å². The van der Waals surface area contributed by atoms with E-state index in [-0.39, 0.29) is 12.3 Å². The third-order valence-corrected chi connectivity index (χ3v) is 2.29. The maximum absolute atomic E-state index is 10.4. The lowest BCUT2D eigenvalue weighted by atomic mass is 10.2. The van der Waals surface area contributed by atoms with Crippen LogP contribution in [0, 0.1) is 4.91 Å². The van der Waals surface area contributed by atoms with Gasteiger partial charge >= 0.3 is 0 Å².